The zero-order valence-electron chi connectivity index (χ0n) is 23.6. The number of amides is 4. The summed E-state index contributed by atoms with van der Waals surface area (Å²) >= 11 is 24.8. The zero-order chi connectivity index (χ0) is 32.0. The number of carboxylic acid groups (broad SMARTS) is 1. The summed E-state index contributed by atoms with van der Waals surface area (Å²) in [5.41, 5.74) is -1.26. The SMILES string of the molecule is C[C@@](NC(=O)Nc1c(Cl)cc(Cl)cc1C(=O)NCC1CCCCC1)(C(=O)O)c1ccc(NC(=O)c2c(Cl)cccc2Cl)cc1. The van der Waals surface area contributed by atoms with Crippen molar-refractivity contribution in [1.29, 1.82) is 0 Å². The molecule has 1 fully saturated rings. The van der Waals surface area contributed by atoms with Crippen molar-refractivity contribution >= 4 is 81.6 Å². The van der Waals surface area contributed by atoms with Crippen LogP contribution in [0.25, 0.3) is 0 Å². The summed E-state index contributed by atoms with van der Waals surface area (Å²) in [7, 11) is 0. The number of halogens is 4. The number of benzene rings is 3. The van der Waals surface area contributed by atoms with Gasteiger partial charge in [-0.2, -0.15) is 0 Å². The van der Waals surface area contributed by atoms with Crippen LogP contribution < -0.4 is 21.3 Å². The molecule has 0 bridgehead atoms. The minimum absolute atomic E-state index is 0.00575. The van der Waals surface area contributed by atoms with Crippen molar-refractivity contribution in [1.82, 2.24) is 10.6 Å². The molecular formula is C31H30Cl4N4O5. The Morgan fingerprint density at radius 1 is 0.841 bits per heavy atom. The quantitative estimate of drug-likeness (QED) is 0.156. The van der Waals surface area contributed by atoms with Crippen LogP contribution in [-0.2, 0) is 10.3 Å². The fourth-order valence-corrected chi connectivity index (χ4v) is 6.13. The van der Waals surface area contributed by atoms with Gasteiger partial charge in [0.15, 0.2) is 5.54 Å². The second-order valence-corrected chi connectivity index (χ2v) is 12.3. The largest absolute Gasteiger partial charge is 0.479 e. The third-order valence-corrected chi connectivity index (χ3v) is 8.66. The van der Waals surface area contributed by atoms with E-state index in [1.165, 1.54) is 61.9 Å². The summed E-state index contributed by atoms with van der Waals surface area (Å²) in [6.45, 7) is 1.78. The van der Waals surface area contributed by atoms with Gasteiger partial charge in [-0.15, -0.1) is 0 Å². The van der Waals surface area contributed by atoms with E-state index in [0.717, 1.165) is 25.7 Å². The van der Waals surface area contributed by atoms with Gasteiger partial charge < -0.3 is 26.4 Å². The van der Waals surface area contributed by atoms with E-state index in [4.69, 9.17) is 46.4 Å². The van der Waals surface area contributed by atoms with Gasteiger partial charge in [-0.1, -0.05) is 83.9 Å². The molecule has 0 spiro atoms. The maximum absolute atomic E-state index is 13.2. The molecule has 4 rings (SSSR count). The number of carboxylic acids is 1. The van der Waals surface area contributed by atoms with E-state index < -0.39 is 29.4 Å². The number of urea groups is 1. The lowest BCUT2D eigenvalue weighted by Gasteiger charge is -2.27. The monoisotopic (exact) mass is 678 g/mol. The summed E-state index contributed by atoms with van der Waals surface area (Å²) in [4.78, 5) is 51.4. The Hall–Kier alpha value is -3.50. The van der Waals surface area contributed by atoms with Gasteiger partial charge in [0, 0.05) is 17.3 Å². The van der Waals surface area contributed by atoms with Crippen LogP contribution in [0.4, 0.5) is 16.2 Å². The summed E-state index contributed by atoms with van der Waals surface area (Å²) in [5, 5.41) is 21.2. The molecule has 4 amide bonds. The zero-order valence-corrected chi connectivity index (χ0v) is 26.6. The van der Waals surface area contributed by atoms with E-state index >= 15 is 0 Å². The maximum atomic E-state index is 13.2. The van der Waals surface area contributed by atoms with Crippen molar-refractivity contribution in [3.63, 3.8) is 0 Å². The van der Waals surface area contributed by atoms with Crippen molar-refractivity contribution in [2.24, 2.45) is 5.92 Å². The average molecular weight is 680 g/mol. The highest BCUT2D eigenvalue weighted by Gasteiger charge is 2.37. The third-order valence-electron chi connectivity index (χ3n) is 7.52. The molecule has 13 heteroatoms. The number of rotatable bonds is 9. The van der Waals surface area contributed by atoms with Gasteiger partial charge in [0.05, 0.1) is 31.9 Å². The third kappa shape index (κ3) is 7.95. The van der Waals surface area contributed by atoms with Crippen LogP contribution >= 0.6 is 46.4 Å². The molecule has 0 heterocycles. The number of carbonyl (C=O) groups excluding carboxylic acids is 3. The molecule has 0 saturated heterocycles. The topological polar surface area (TPSA) is 137 Å². The molecule has 1 aliphatic rings. The molecule has 232 valence electrons. The summed E-state index contributed by atoms with van der Waals surface area (Å²) < 4.78 is 0. The van der Waals surface area contributed by atoms with Crippen molar-refractivity contribution in [3.05, 3.63) is 91.4 Å². The second-order valence-electron chi connectivity index (χ2n) is 10.7. The smallest absolute Gasteiger partial charge is 0.333 e. The number of nitrogens with one attached hydrogen (secondary N) is 4. The number of hydrogen-bond donors (Lipinski definition) is 5. The van der Waals surface area contributed by atoms with E-state index in [0.29, 0.717) is 18.2 Å². The average Bonchev–Trinajstić information content (AvgIpc) is 2.97. The Kier molecular flexibility index (Phi) is 11.0. The highest BCUT2D eigenvalue weighted by atomic mass is 35.5. The van der Waals surface area contributed by atoms with Gasteiger partial charge in [0.1, 0.15) is 0 Å². The minimum Gasteiger partial charge on any atom is -0.479 e. The minimum atomic E-state index is -1.92. The number of aliphatic carboxylic acids is 1. The van der Waals surface area contributed by atoms with Crippen LogP contribution in [0.15, 0.2) is 54.6 Å². The van der Waals surface area contributed by atoms with Crippen molar-refractivity contribution in [3.8, 4) is 0 Å². The second kappa shape index (κ2) is 14.5. The molecular weight excluding hydrogens is 650 g/mol. The van der Waals surface area contributed by atoms with Gasteiger partial charge >= 0.3 is 12.0 Å². The van der Waals surface area contributed by atoms with E-state index in [-0.39, 0.29) is 42.5 Å². The van der Waals surface area contributed by atoms with E-state index in [2.05, 4.69) is 21.3 Å². The van der Waals surface area contributed by atoms with Crippen LogP contribution in [0.1, 0.15) is 65.3 Å². The predicted molar refractivity (Wildman–Crippen MR) is 173 cm³/mol. The molecule has 0 aromatic heterocycles. The molecule has 0 aliphatic heterocycles. The van der Waals surface area contributed by atoms with Crippen LogP contribution in [-0.4, -0.2) is 35.5 Å². The van der Waals surface area contributed by atoms with Gasteiger partial charge in [0.2, 0.25) is 0 Å². The molecule has 1 saturated carbocycles. The Labute approximate surface area is 274 Å². The Bertz CT molecular complexity index is 1560. The van der Waals surface area contributed by atoms with Crippen LogP contribution in [0.2, 0.25) is 20.1 Å². The lowest BCUT2D eigenvalue weighted by molar-refractivity contribution is -0.144. The molecule has 5 N–H and O–H groups in total. The van der Waals surface area contributed by atoms with E-state index in [9.17, 15) is 24.3 Å². The van der Waals surface area contributed by atoms with Crippen molar-refractivity contribution in [2.45, 2.75) is 44.6 Å². The molecule has 9 nitrogen and oxygen atoms in total. The van der Waals surface area contributed by atoms with Gasteiger partial charge in [-0.3, -0.25) is 9.59 Å². The van der Waals surface area contributed by atoms with Crippen molar-refractivity contribution < 1.29 is 24.3 Å². The summed E-state index contributed by atoms with van der Waals surface area (Å²) in [6, 6.07) is 12.3. The predicted octanol–water partition coefficient (Wildman–Crippen LogP) is 7.98. The molecule has 1 aliphatic carbocycles. The first kappa shape index (κ1) is 33.4. The Balaban J connectivity index is 1.49. The first-order valence-corrected chi connectivity index (χ1v) is 15.4. The van der Waals surface area contributed by atoms with Gasteiger partial charge in [0.25, 0.3) is 11.8 Å². The van der Waals surface area contributed by atoms with Gasteiger partial charge in [-0.05, 0) is 67.6 Å². The molecule has 1 atom stereocenters. The molecule has 0 unspecified atom stereocenters. The fourth-order valence-electron chi connectivity index (χ4n) is 5.02. The van der Waals surface area contributed by atoms with Crippen LogP contribution in [0.5, 0.6) is 0 Å². The van der Waals surface area contributed by atoms with Gasteiger partial charge in [-0.25, -0.2) is 9.59 Å². The first-order chi connectivity index (χ1) is 20.9. The Morgan fingerprint density at radius 3 is 2.09 bits per heavy atom. The fraction of sp³-hybridized carbons (Fsp3) is 0.290. The van der Waals surface area contributed by atoms with Crippen LogP contribution in [0, 0.1) is 5.92 Å². The summed E-state index contributed by atoms with van der Waals surface area (Å²) in [5.74, 6) is -2.01. The Morgan fingerprint density at radius 2 is 1.48 bits per heavy atom. The highest BCUT2D eigenvalue weighted by molar-refractivity contribution is 6.40. The number of hydrogen-bond acceptors (Lipinski definition) is 4. The molecule has 3 aromatic rings. The normalized spacial score (nSPS) is 14.7. The first-order valence-electron chi connectivity index (χ1n) is 13.8. The van der Waals surface area contributed by atoms with E-state index in [1.54, 1.807) is 6.07 Å². The molecule has 3 aromatic carbocycles. The lowest BCUT2D eigenvalue weighted by atomic mass is 9.89. The number of anilines is 2. The molecule has 44 heavy (non-hydrogen) atoms. The molecule has 0 radical (unpaired) electrons. The van der Waals surface area contributed by atoms with Crippen molar-refractivity contribution in [2.75, 3.05) is 17.2 Å². The lowest BCUT2D eigenvalue weighted by Crippen LogP contribution is -2.51. The standard InChI is InChI=1S/C31H30Cl4N4O5/c1-31(29(42)43,18-10-12-20(13-11-18)37-28(41)25-22(33)8-5-9-23(25)34)39-30(44)38-26-21(14-19(32)15-24(26)35)27(40)36-16-17-6-3-2-4-7-17/h5,8-15,17H,2-4,6-7,16H2,1H3,(H,36,40)(H,37,41)(H,42,43)(H2,38,39,44)/t31-/m0/s1. The maximum Gasteiger partial charge on any atom is 0.333 e. The summed E-state index contributed by atoms with van der Waals surface area (Å²) in [6.07, 6.45) is 5.48. The highest BCUT2D eigenvalue weighted by Crippen LogP contribution is 2.32. The van der Waals surface area contributed by atoms with Crippen LogP contribution in [0.3, 0.4) is 0 Å². The van der Waals surface area contributed by atoms with E-state index in [1.807, 2.05) is 0 Å². The number of carbonyl (C=O) groups is 4.